The summed E-state index contributed by atoms with van der Waals surface area (Å²) >= 11 is 3.47. The highest BCUT2D eigenvalue weighted by Gasteiger charge is 2.10. The number of anilines is 3. The van der Waals surface area contributed by atoms with Crippen molar-refractivity contribution < 1.29 is 4.74 Å². The Bertz CT molecular complexity index is 973. The number of rotatable bonds is 4. The van der Waals surface area contributed by atoms with Gasteiger partial charge in [-0.15, -0.1) is 0 Å². The van der Waals surface area contributed by atoms with Crippen LogP contribution < -0.4 is 15.8 Å². The number of aromatic nitrogens is 2. The quantitative estimate of drug-likeness (QED) is 0.639. The van der Waals surface area contributed by atoms with E-state index < -0.39 is 0 Å². The lowest BCUT2D eigenvalue weighted by atomic mass is 10.1. The van der Waals surface area contributed by atoms with Crippen LogP contribution in [0, 0.1) is 25.2 Å². The third kappa shape index (κ3) is 4.10. The van der Waals surface area contributed by atoms with Crippen LogP contribution in [0.25, 0.3) is 0 Å². The molecule has 2 aromatic carbocycles. The fourth-order valence-corrected chi connectivity index (χ4v) is 3.16. The fraction of sp³-hybridized carbons (Fsp3) is 0.105. The molecule has 130 valence electrons. The first-order chi connectivity index (χ1) is 12.4. The molecule has 26 heavy (non-hydrogen) atoms. The maximum absolute atomic E-state index is 8.86. The minimum Gasteiger partial charge on any atom is -0.438 e. The van der Waals surface area contributed by atoms with E-state index in [-0.39, 0.29) is 0 Å². The van der Waals surface area contributed by atoms with Crippen LogP contribution in [0.3, 0.4) is 0 Å². The molecule has 6 nitrogen and oxygen atoms in total. The Morgan fingerprint density at radius 3 is 2.35 bits per heavy atom. The zero-order valence-corrected chi connectivity index (χ0v) is 15.8. The zero-order valence-electron chi connectivity index (χ0n) is 14.2. The summed E-state index contributed by atoms with van der Waals surface area (Å²) < 4.78 is 6.95. The van der Waals surface area contributed by atoms with Crippen molar-refractivity contribution in [2.24, 2.45) is 0 Å². The molecule has 0 aliphatic heterocycles. The Labute approximate surface area is 159 Å². The van der Waals surface area contributed by atoms with Gasteiger partial charge in [0, 0.05) is 16.2 Å². The molecule has 0 fully saturated rings. The van der Waals surface area contributed by atoms with Gasteiger partial charge in [0.15, 0.2) is 0 Å². The van der Waals surface area contributed by atoms with Gasteiger partial charge in [0.1, 0.15) is 11.6 Å². The molecule has 3 N–H and O–H groups in total. The van der Waals surface area contributed by atoms with E-state index in [0.717, 1.165) is 27.0 Å². The molecule has 0 radical (unpaired) electrons. The number of aryl methyl sites for hydroxylation is 2. The molecule has 0 aliphatic rings. The summed E-state index contributed by atoms with van der Waals surface area (Å²) in [6, 6.07) is 14.6. The number of nitrogen functional groups attached to an aromatic ring is 1. The maximum Gasteiger partial charge on any atom is 0.232 e. The average Bonchev–Trinajstić information content (AvgIpc) is 2.58. The van der Waals surface area contributed by atoms with Crippen molar-refractivity contribution in [3.05, 3.63) is 63.6 Å². The van der Waals surface area contributed by atoms with Gasteiger partial charge in [-0.25, -0.2) is 0 Å². The molecule has 1 heterocycles. The van der Waals surface area contributed by atoms with E-state index in [1.807, 2.05) is 26.0 Å². The van der Waals surface area contributed by atoms with Crippen molar-refractivity contribution in [1.82, 2.24) is 9.97 Å². The largest absolute Gasteiger partial charge is 0.438 e. The zero-order chi connectivity index (χ0) is 18.7. The number of ether oxygens (including phenoxy) is 1. The number of hydrogen-bond donors (Lipinski definition) is 2. The van der Waals surface area contributed by atoms with Crippen molar-refractivity contribution in [3.63, 3.8) is 0 Å². The first-order valence-electron chi connectivity index (χ1n) is 7.81. The van der Waals surface area contributed by atoms with Crippen LogP contribution in [0.1, 0.15) is 16.7 Å². The summed E-state index contributed by atoms with van der Waals surface area (Å²) in [4.78, 5) is 8.55. The van der Waals surface area contributed by atoms with Crippen molar-refractivity contribution in [3.8, 4) is 17.7 Å². The van der Waals surface area contributed by atoms with Crippen LogP contribution >= 0.6 is 15.9 Å². The third-order valence-corrected chi connectivity index (χ3v) is 4.08. The monoisotopic (exact) mass is 409 g/mol. The number of benzene rings is 2. The van der Waals surface area contributed by atoms with Gasteiger partial charge < -0.3 is 15.8 Å². The molecular formula is C19H16BrN5O. The second-order valence-corrected chi connectivity index (χ2v) is 6.66. The van der Waals surface area contributed by atoms with Gasteiger partial charge in [0.05, 0.1) is 11.6 Å². The molecule has 0 aliphatic carbocycles. The predicted octanol–water partition coefficient (Wildman–Crippen LogP) is 4.85. The SMILES string of the molecule is Cc1cc(Br)cc(C)c1Oc1cc(N)nc(Nc2ccc(C#N)cc2)n1. The summed E-state index contributed by atoms with van der Waals surface area (Å²) in [6.45, 7) is 3.93. The second kappa shape index (κ2) is 7.42. The Morgan fingerprint density at radius 2 is 1.73 bits per heavy atom. The van der Waals surface area contributed by atoms with Crippen molar-refractivity contribution in [2.45, 2.75) is 13.8 Å². The number of nitrogens with one attached hydrogen (secondary N) is 1. The Balaban J connectivity index is 1.87. The number of nitrogens with zero attached hydrogens (tertiary/aromatic N) is 3. The summed E-state index contributed by atoms with van der Waals surface area (Å²) in [6.07, 6.45) is 0. The van der Waals surface area contributed by atoms with E-state index in [4.69, 9.17) is 15.7 Å². The minimum absolute atomic E-state index is 0.290. The number of nitrogens with two attached hydrogens (primary N) is 1. The topological polar surface area (TPSA) is 96.9 Å². The highest BCUT2D eigenvalue weighted by atomic mass is 79.9. The van der Waals surface area contributed by atoms with Crippen LogP contribution in [0.15, 0.2) is 46.9 Å². The van der Waals surface area contributed by atoms with Crippen LogP contribution in [0.4, 0.5) is 17.5 Å². The van der Waals surface area contributed by atoms with Crippen LogP contribution in [-0.2, 0) is 0 Å². The van der Waals surface area contributed by atoms with Gasteiger partial charge in [-0.3, -0.25) is 0 Å². The molecule has 0 bridgehead atoms. The van der Waals surface area contributed by atoms with Gasteiger partial charge in [-0.1, -0.05) is 15.9 Å². The van der Waals surface area contributed by atoms with E-state index in [1.165, 1.54) is 0 Å². The first kappa shape index (κ1) is 17.7. The standard InChI is InChI=1S/C19H16BrN5O/c1-11-7-14(20)8-12(2)18(11)26-17-9-16(22)24-19(25-17)23-15-5-3-13(10-21)4-6-15/h3-9H,1-2H3,(H3,22,23,24,25). The maximum atomic E-state index is 8.86. The lowest BCUT2D eigenvalue weighted by Gasteiger charge is -2.13. The fourth-order valence-electron chi connectivity index (χ4n) is 2.47. The summed E-state index contributed by atoms with van der Waals surface area (Å²) in [5.41, 5.74) is 9.18. The minimum atomic E-state index is 0.290. The normalized spacial score (nSPS) is 10.2. The average molecular weight is 410 g/mol. The Kier molecular flexibility index (Phi) is 5.05. The number of halogens is 1. The van der Waals surface area contributed by atoms with E-state index >= 15 is 0 Å². The van der Waals surface area contributed by atoms with E-state index in [0.29, 0.717) is 23.2 Å². The van der Waals surface area contributed by atoms with Crippen LogP contribution in [0.5, 0.6) is 11.6 Å². The highest BCUT2D eigenvalue weighted by Crippen LogP contribution is 2.31. The highest BCUT2D eigenvalue weighted by molar-refractivity contribution is 9.10. The summed E-state index contributed by atoms with van der Waals surface area (Å²) in [5, 5.41) is 11.9. The van der Waals surface area contributed by atoms with E-state index in [9.17, 15) is 0 Å². The van der Waals surface area contributed by atoms with E-state index in [2.05, 4.69) is 37.3 Å². The molecule has 0 unspecified atom stereocenters. The van der Waals surface area contributed by atoms with Crippen molar-refractivity contribution >= 4 is 33.4 Å². The van der Waals surface area contributed by atoms with Gasteiger partial charge in [0.2, 0.25) is 11.8 Å². The molecule has 0 saturated heterocycles. The first-order valence-corrected chi connectivity index (χ1v) is 8.60. The third-order valence-electron chi connectivity index (χ3n) is 3.62. The Hall–Kier alpha value is -3.11. The molecule has 1 aromatic heterocycles. The molecule has 0 spiro atoms. The second-order valence-electron chi connectivity index (χ2n) is 5.74. The number of hydrogen-bond acceptors (Lipinski definition) is 6. The molecule has 3 aromatic rings. The Morgan fingerprint density at radius 1 is 1.08 bits per heavy atom. The van der Waals surface area contributed by atoms with Gasteiger partial charge >= 0.3 is 0 Å². The molecular weight excluding hydrogens is 394 g/mol. The predicted molar refractivity (Wildman–Crippen MR) is 105 cm³/mol. The van der Waals surface area contributed by atoms with Gasteiger partial charge in [-0.05, 0) is 61.4 Å². The molecule has 3 rings (SSSR count). The van der Waals surface area contributed by atoms with Crippen molar-refractivity contribution in [1.29, 1.82) is 5.26 Å². The summed E-state index contributed by atoms with van der Waals surface area (Å²) in [7, 11) is 0. The van der Waals surface area contributed by atoms with Crippen LogP contribution in [-0.4, -0.2) is 9.97 Å². The lowest BCUT2D eigenvalue weighted by Crippen LogP contribution is -2.03. The van der Waals surface area contributed by atoms with E-state index in [1.54, 1.807) is 30.3 Å². The molecule has 0 amide bonds. The van der Waals surface area contributed by atoms with Crippen molar-refractivity contribution in [2.75, 3.05) is 11.1 Å². The van der Waals surface area contributed by atoms with Gasteiger partial charge in [0.25, 0.3) is 0 Å². The summed E-state index contributed by atoms with van der Waals surface area (Å²) in [5.74, 6) is 1.69. The molecule has 0 atom stereocenters. The van der Waals surface area contributed by atoms with Crippen LogP contribution in [0.2, 0.25) is 0 Å². The smallest absolute Gasteiger partial charge is 0.232 e. The lowest BCUT2D eigenvalue weighted by molar-refractivity contribution is 0.456. The van der Waals surface area contributed by atoms with Gasteiger partial charge in [-0.2, -0.15) is 15.2 Å². The molecule has 7 heteroatoms. The molecule has 0 saturated carbocycles. The number of nitriles is 1.